The van der Waals surface area contributed by atoms with Crippen LogP contribution < -0.4 is 4.74 Å². The second kappa shape index (κ2) is 4.29. The number of hydrogen-bond donors (Lipinski definition) is 0. The van der Waals surface area contributed by atoms with Crippen molar-refractivity contribution in [2.24, 2.45) is 0 Å². The van der Waals surface area contributed by atoms with Crippen LogP contribution >= 0.6 is 0 Å². The molecule has 1 aromatic carbocycles. The number of rotatable bonds is 3. The van der Waals surface area contributed by atoms with Crippen molar-refractivity contribution in [1.29, 1.82) is 0 Å². The molecule has 0 unspecified atom stereocenters. The molecule has 1 aliphatic rings. The molecular formula is C11H12NO3. The predicted octanol–water partition coefficient (Wildman–Crippen LogP) is 2.72. The molecule has 1 aliphatic carbocycles. The number of benzene rings is 1. The molecule has 0 heterocycles. The third kappa shape index (κ3) is 2.26. The van der Waals surface area contributed by atoms with Crippen LogP contribution in [-0.4, -0.2) is 11.0 Å². The van der Waals surface area contributed by atoms with Crippen LogP contribution in [0.3, 0.4) is 0 Å². The molecule has 0 aliphatic heterocycles. The molecular weight excluding hydrogens is 194 g/mol. The molecule has 2 rings (SSSR count). The highest BCUT2D eigenvalue weighted by Crippen LogP contribution is 2.30. The monoisotopic (exact) mass is 206 g/mol. The Kier molecular flexibility index (Phi) is 2.85. The van der Waals surface area contributed by atoms with E-state index in [1.807, 2.05) is 0 Å². The maximum absolute atomic E-state index is 10.7. The van der Waals surface area contributed by atoms with Crippen LogP contribution in [-0.2, 0) is 0 Å². The van der Waals surface area contributed by atoms with E-state index in [0.29, 0.717) is 5.75 Å². The zero-order chi connectivity index (χ0) is 10.7. The molecule has 0 spiro atoms. The van der Waals surface area contributed by atoms with Gasteiger partial charge in [-0.2, -0.15) is 0 Å². The van der Waals surface area contributed by atoms with Gasteiger partial charge < -0.3 is 4.74 Å². The molecule has 79 valence electrons. The minimum Gasteiger partial charge on any atom is -0.484 e. The van der Waals surface area contributed by atoms with Crippen LogP contribution in [0.25, 0.3) is 0 Å². The van der Waals surface area contributed by atoms with Crippen LogP contribution in [0.1, 0.15) is 25.7 Å². The van der Waals surface area contributed by atoms with Gasteiger partial charge in [0.05, 0.1) is 11.0 Å². The number of nitro groups is 1. The van der Waals surface area contributed by atoms with Gasteiger partial charge in [-0.05, 0) is 37.8 Å². The Morgan fingerprint density at radius 3 is 2.87 bits per heavy atom. The largest absolute Gasteiger partial charge is 0.484 e. The fraction of sp³-hybridized carbons (Fsp3) is 0.455. The molecule has 1 radical (unpaired) electrons. The quantitative estimate of drug-likeness (QED) is 0.564. The lowest BCUT2D eigenvalue weighted by molar-refractivity contribution is -0.386. The Labute approximate surface area is 88.0 Å². The van der Waals surface area contributed by atoms with Crippen LogP contribution in [0.5, 0.6) is 5.75 Å². The number of nitrogens with zero attached hydrogens (tertiary/aromatic N) is 1. The highest BCUT2D eigenvalue weighted by atomic mass is 16.6. The number of ether oxygens (including phenoxy) is 1. The second-order valence-corrected chi connectivity index (χ2v) is 3.68. The number of hydrogen-bond acceptors (Lipinski definition) is 3. The minimum atomic E-state index is -0.430. The van der Waals surface area contributed by atoms with Gasteiger partial charge >= 0.3 is 5.69 Å². The number of nitro benzene ring substituents is 1. The maximum Gasteiger partial charge on any atom is 0.311 e. The summed E-state index contributed by atoms with van der Waals surface area (Å²) in [5, 5.41) is 10.7. The van der Waals surface area contributed by atoms with Crippen molar-refractivity contribution in [3.05, 3.63) is 34.4 Å². The van der Waals surface area contributed by atoms with Gasteiger partial charge in [0.2, 0.25) is 0 Å². The molecule has 0 bridgehead atoms. The first-order valence-electron chi connectivity index (χ1n) is 5.08. The molecule has 15 heavy (non-hydrogen) atoms. The fourth-order valence-corrected chi connectivity index (χ4v) is 1.84. The van der Waals surface area contributed by atoms with Gasteiger partial charge in [-0.15, -0.1) is 0 Å². The Hall–Kier alpha value is -1.58. The normalized spacial score (nSPS) is 16.5. The molecule has 4 heteroatoms. The van der Waals surface area contributed by atoms with Crippen molar-refractivity contribution < 1.29 is 9.66 Å². The summed E-state index contributed by atoms with van der Waals surface area (Å²) in [6.07, 6.45) is 4.44. The van der Waals surface area contributed by atoms with Gasteiger partial charge in [0.25, 0.3) is 0 Å². The average molecular weight is 206 g/mol. The van der Waals surface area contributed by atoms with E-state index in [9.17, 15) is 10.1 Å². The van der Waals surface area contributed by atoms with Gasteiger partial charge in [0.15, 0.2) is 5.75 Å². The molecule has 0 N–H and O–H groups in total. The lowest BCUT2D eigenvalue weighted by Gasteiger charge is -2.12. The van der Waals surface area contributed by atoms with Crippen LogP contribution in [0, 0.1) is 16.2 Å². The third-order valence-corrected chi connectivity index (χ3v) is 2.60. The predicted molar refractivity (Wildman–Crippen MR) is 54.8 cm³/mol. The molecule has 4 nitrogen and oxygen atoms in total. The molecule has 0 aromatic heterocycles. The third-order valence-electron chi connectivity index (χ3n) is 2.60. The summed E-state index contributed by atoms with van der Waals surface area (Å²) in [6, 6.07) is 7.28. The summed E-state index contributed by atoms with van der Waals surface area (Å²) in [6.45, 7) is 0. The van der Waals surface area contributed by atoms with E-state index >= 15 is 0 Å². The van der Waals surface area contributed by atoms with Gasteiger partial charge in [0.1, 0.15) is 0 Å². The van der Waals surface area contributed by atoms with Gasteiger partial charge in [-0.1, -0.05) is 6.07 Å². The topological polar surface area (TPSA) is 52.4 Å². The summed E-state index contributed by atoms with van der Waals surface area (Å²) in [5.41, 5.74) is 0.00407. The zero-order valence-corrected chi connectivity index (χ0v) is 8.31. The highest BCUT2D eigenvalue weighted by Gasteiger charge is 2.21. The summed E-state index contributed by atoms with van der Waals surface area (Å²) in [4.78, 5) is 10.3. The average Bonchev–Trinajstić information content (AvgIpc) is 2.71. The molecule has 1 fully saturated rings. The van der Waals surface area contributed by atoms with Gasteiger partial charge in [-0.3, -0.25) is 10.1 Å². The first-order chi connectivity index (χ1) is 7.27. The van der Waals surface area contributed by atoms with E-state index in [1.165, 1.54) is 6.07 Å². The highest BCUT2D eigenvalue weighted by molar-refractivity contribution is 5.45. The minimum absolute atomic E-state index is 0.00407. The second-order valence-electron chi connectivity index (χ2n) is 3.68. The maximum atomic E-state index is 10.7. The fourth-order valence-electron chi connectivity index (χ4n) is 1.84. The Morgan fingerprint density at radius 1 is 1.47 bits per heavy atom. The molecule has 0 atom stereocenters. The van der Waals surface area contributed by atoms with Crippen LogP contribution in [0.2, 0.25) is 0 Å². The van der Waals surface area contributed by atoms with Crippen molar-refractivity contribution in [3.63, 3.8) is 0 Å². The zero-order valence-electron chi connectivity index (χ0n) is 8.31. The molecule has 0 saturated heterocycles. The summed E-state index contributed by atoms with van der Waals surface area (Å²) in [5.74, 6) is 0.366. The smallest absolute Gasteiger partial charge is 0.311 e. The first-order valence-corrected chi connectivity index (χ1v) is 5.08. The van der Waals surface area contributed by atoms with Crippen molar-refractivity contribution in [3.8, 4) is 5.75 Å². The van der Waals surface area contributed by atoms with Gasteiger partial charge in [0, 0.05) is 6.07 Å². The lowest BCUT2D eigenvalue weighted by Crippen LogP contribution is -2.11. The van der Waals surface area contributed by atoms with E-state index in [2.05, 4.69) is 6.07 Å². The summed E-state index contributed by atoms with van der Waals surface area (Å²) in [7, 11) is 0. The standard InChI is InChI=1S/C11H12NO3/c13-12(14)10-7-3-4-8-11(10)15-9-5-1-2-6-9/h4,7-9H,1-2,5-6H2. The van der Waals surface area contributed by atoms with E-state index in [1.54, 1.807) is 12.1 Å². The molecule has 0 amide bonds. The molecule has 1 saturated carbocycles. The van der Waals surface area contributed by atoms with Crippen molar-refractivity contribution in [2.45, 2.75) is 31.8 Å². The summed E-state index contributed by atoms with van der Waals surface area (Å²) < 4.78 is 5.61. The lowest BCUT2D eigenvalue weighted by atomic mass is 10.2. The van der Waals surface area contributed by atoms with E-state index in [0.717, 1.165) is 25.7 Å². The van der Waals surface area contributed by atoms with Crippen LogP contribution in [0.15, 0.2) is 18.2 Å². The Balaban J connectivity index is 2.15. The van der Waals surface area contributed by atoms with Crippen molar-refractivity contribution in [1.82, 2.24) is 0 Å². The SMILES string of the molecule is O=[N+]([O-])c1c[c]ccc1OC1CCCC1. The van der Waals surface area contributed by atoms with E-state index in [4.69, 9.17) is 4.74 Å². The van der Waals surface area contributed by atoms with E-state index in [-0.39, 0.29) is 11.8 Å². The Morgan fingerprint density at radius 2 is 2.20 bits per heavy atom. The van der Waals surface area contributed by atoms with Gasteiger partial charge in [-0.25, -0.2) is 0 Å². The van der Waals surface area contributed by atoms with Crippen molar-refractivity contribution >= 4 is 5.69 Å². The Bertz CT molecular complexity index is 359. The summed E-state index contributed by atoms with van der Waals surface area (Å²) >= 11 is 0. The molecule has 1 aromatic rings. The van der Waals surface area contributed by atoms with E-state index < -0.39 is 4.92 Å². The first kappa shape index (κ1) is 9.96. The van der Waals surface area contributed by atoms with Crippen LogP contribution in [0.4, 0.5) is 5.69 Å². The van der Waals surface area contributed by atoms with Crippen molar-refractivity contribution in [2.75, 3.05) is 0 Å².